The van der Waals surface area contributed by atoms with Crippen LogP contribution in [0.25, 0.3) is 0 Å². The molecule has 0 aliphatic carbocycles. The topological polar surface area (TPSA) is 90.9 Å². The molecule has 0 saturated heterocycles. The van der Waals surface area contributed by atoms with E-state index in [4.69, 9.17) is 5.11 Å². The van der Waals surface area contributed by atoms with Crippen molar-refractivity contribution in [3.63, 3.8) is 0 Å². The van der Waals surface area contributed by atoms with Gasteiger partial charge in [-0.15, -0.1) is 0 Å². The fourth-order valence-corrected chi connectivity index (χ4v) is 0.846. The first-order valence-corrected chi connectivity index (χ1v) is 4.00. The number of aromatic amines is 1. The third-order valence-corrected chi connectivity index (χ3v) is 1.65. The Morgan fingerprint density at radius 3 is 3.15 bits per heavy atom. The SMILES string of the molecule is CC(NCCc1ncn[nH]1)C(=O)O. The Morgan fingerprint density at radius 1 is 1.85 bits per heavy atom. The molecule has 72 valence electrons. The zero-order valence-corrected chi connectivity index (χ0v) is 7.32. The Hall–Kier alpha value is -1.43. The minimum atomic E-state index is -0.849. The number of carboxylic acids is 1. The van der Waals surface area contributed by atoms with Gasteiger partial charge in [-0.2, -0.15) is 5.10 Å². The van der Waals surface area contributed by atoms with E-state index in [0.29, 0.717) is 13.0 Å². The van der Waals surface area contributed by atoms with Gasteiger partial charge in [0.1, 0.15) is 18.2 Å². The van der Waals surface area contributed by atoms with E-state index in [2.05, 4.69) is 20.5 Å². The molecule has 13 heavy (non-hydrogen) atoms. The van der Waals surface area contributed by atoms with Gasteiger partial charge in [-0.3, -0.25) is 9.89 Å². The first-order chi connectivity index (χ1) is 6.20. The summed E-state index contributed by atoms with van der Waals surface area (Å²) < 4.78 is 0. The molecule has 1 heterocycles. The van der Waals surface area contributed by atoms with Gasteiger partial charge in [0.25, 0.3) is 0 Å². The summed E-state index contributed by atoms with van der Waals surface area (Å²) in [5.74, 6) is -0.0948. The average molecular weight is 184 g/mol. The van der Waals surface area contributed by atoms with E-state index < -0.39 is 12.0 Å². The maximum Gasteiger partial charge on any atom is 0.320 e. The third kappa shape index (κ3) is 3.20. The lowest BCUT2D eigenvalue weighted by atomic mass is 10.3. The molecule has 1 aromatic heterocycles. The van der Waals surface area contributed by atoms with Crippen molar-refractivity contribution in [3.8, 4) is 0 Å². The molecule has 0 radical (unpaired) electrons. The molecule has 0 fully saturated rings. The summed E-state index contributed by atoms with van der Waals surface area (Å²) in [4.78, 5) is 14.3. The van der Waals surface area contributed by atoms with Crippen LogP contribution in [-0.2, 0) is 11.2 Å². The van der Waals surface area contributed by atoms with Crippen LogP contribution in [0.4, 0.5) is 0 Å². The number of carboxylic acid groups (broad SMARTS) is 1. The molecule has 1 atom stereocenters. The van der Waals surface area contributed by atoms with Gasteiger partial charge in [-0.1, -0.05) is 0 Å². The van der Waals surface area contributed by atoms with Gasteiger partial charge in [0.15, 0.2) is 0 Å². The van der Waals surface area contributed by atoms with Crippen LogP contribution < -0.4 is 5.32 Å². The zero-order valence-electron chi connectivity index (χ0n) is 7.32. The average Bonchev–Trinajstić information content (AvgIpc) is 2.56. The molecule has 6 nitrogen and oxygen atoms in total. The number of aromatic nitrogens is 3. The first-order valence-electron chi connectivity index (χ1n) is 4.00. The molecule has 0 spiro atoms. The standard InChI is InChI=1S/C7H12N4O2/c1-5(7(12)13)8-3-2-6-9-4-10-11-6/h4-5,8H,2-3H2,1H3,(H,12,13)(H,9,10,11). The highest BCUT2D eigenvalue weighted by atomic mass is 16.4. The molecule has 1 unspecified atom stereocenters. The highest BCUT2D eigenvalue weighted by Crippen LogP contribution is 1.87. The molecule has 0 aliphatic heterocycles. The highest BCUT2D eigenvalue weighted by molar-refractivity contribution is 5.72. The second kappa shape index (κ2) is 4.56. The molecule has 1 rings (SSSR count). The molecular weight excluding hydrogens is 172 g/mol. The maximum atomic E-state index is 10.4. The van der Waals surface area contributed by atoms with Crippen LogP contribution >= 0.6 is 0 Å². The van der Waals surface area contributed by atoms with Crippen molar-refractivity contribution >= 4 is 5.97 Å². The molecule has 0 aliphatic rings. The summed E-state index contributed by atoms with van der Waals surface area (Å²) >= 11 is 0. The largest absolute Gasteiger partial charge is 0.480 e. The predicted octanol–water partition coefficient (Wildman–Crippen LogP) is -0.590. The number of rotatable bonds is 5. The molecule has 0 amide bonds. The van der Waals surface area contributed by atoms with E-state index in [1.807, 2.05) is 0 Å². The number of carbonyl (C=O) groups is 1. The normalized spacial score (nSPS) is 12.7. The minimum absolute atomic E-state index is 0.525. The lowest BCUT2D eigenvalue weighted by molar-refractivity contribution is -0.138. The lowest BCUT2D eigenvalue weighted by Gasteiger charge is -2.06. The number of aliphatic carboxylic acids is 1. The predicted molar refractivity (Wildman–Crippen MR) is 45.2 cm³/mol. The third-order valence-electron chi connectivity index (χ3n) is 1.65. The smallest absolute Gasteiger partial charge is 0.320 e. The van der Waals surface area contributed by atoms with Crippen LogP contribution in [0.3, 0.4) is 0 Å². The number of hydrogen-bond acceptors (Lipinski definition) is 4. The van der Waals surface area contributed by atoms with Crippen molar-refractivity contribution in [3.05, 3.63) is 12.2 Å². The molecule has 0 bridgehead atoms. The summed E-state index contributed by atoms with van der Waals surface area (Å²) in [6.07, 6.45) is 2.08. The van der Waals surface area contributed by atoms with E-state index in [0.717, 1.165) is 5.82 Å². The highest BCUT2D eigenvalue weighted by Gasteiger charge is 2.08. The van der Waals surface area contributed by atoms with E-state index in [9.17, 15) is 4.79 Å². The van der Waals surface area contributed by atoms with E-state index in [1.54, 1.807) is 6.92 Å². The number of nitrogens with one attached hydrogen (secondary N) is 2. The van der Waals surface area contributed by atoms with Crippen molar-refractivity contribution in [2.24, 2.45) is 0 Å². The Kier molecular flexibility index (Phi) is 3.39. The minimum Gasteiger partial charge on any atom is -0.480 e. The van der Waals surface area contributed by atoms with Crippen LogP contribution in [0.1, 0.15) is 12.7 Å². The van der Waals surface area contributed by atoms with Crippen LogP contribution in [0, 0.1) is 0 Å². The van der Waals surface area contributed by atoms with Crippen LogP contribution in [-0.4, -0.2) is 38.8 Å². The Bertz CT molecular complexity index is 259. The molecule has 3 N–H and O–H groups in total. The van der Waals surface area contributed by atoms with Gasteiger partial charge in [-0.25, -0.2) is 4.98 Å². The first kappa shape index (κ1) is 9.66. The van der Waals surface area contributed by atoms with Crippen molar-refractivity contribution in [2.75, 3.05) is 6.54 Å². The van der Waals surface area contributed by atoms with Crippen molar-refractivity contribution in [1.82, 2.24) is 20.5 Å². The fraction of sp³-hybridized carbons (Fsp3) is 0.571. The molecule has 1 aromatic rings. The van der Waals surface area contributed by atoms with Crippen molar-refractivity contribution < 1.29 is 9.90 Å². The molecule has 0 saturated carbocycles. The van der Waals surface area contributed by atoms with Gasteiger partial charge >= 0.3 is 5.97 Å². The van der Waals surface area contributed by atoms with Gasteiger partial charge in [-0.05, 0) is 6.92 Å². The molecule has 0 aromatic carbocycles. The van der Waals surface area contributed by atoms with Crippen molar-refractivity contribution in [1.29, 1.82) is 0 Å². The summed E-state index contributed by atoms with van der Waals surface area (Å²) in [5, 5.41) is 17.7. The fourth-order valence-electron chi connectivity index (χ4n) is 0.846. The number of H-pyrrole nitrogens is 1. The van der Waals surface area contributed by atoms with E-state index >= 15 is 0 Å². The van der Waals surface area contributed by atoms with Gasteiger partial charge < -0.3 is 10.4 Å². The number of hydrogen-bond donors (Lipinski definition) is 3. The van der Waals surface area contributed by atoms with E-state index in [-0.39, 0.29) is 0 Å². The molecular formula is C7H12N4O2. The number of nitrogens with zero attached hydrogens (tertiary/aromatic N) is 2. The van der Waals surface area contributed by atoms with Crippen LogP contribution in [0.15, 0.2) is 6.33 Å². The lowest BCUT2D eigenvalue weighted by Crippen LogP contribution is -2.35. The Morgan fingerprint density at radius 2 is 2.62 bits per heavy atom. The Balaban J connectivity index is 2.18. The van der Waals surface area contributed by atoms with Crippen molar-refractivity contribution in [2.45, 2.75) is 19.4 Å². The summed E-state index contributed by atoms with van der Waals surface area (Å²) in [7, 11) is 0. The quantitative estimate of drug-likeness (QED) is 0.569. The van der Waals surface area contributed by atoms with Gasteiger partial charge in [0.2, 0.25) is 0 Å². The Labute approximate surface area is 75.4 Å². The maximum absolute atomic E-state index is 10.4. The summed E-state index contributed by atoms with van der Waals surface area (Å²) in [5.41, 5.74) is 0. The second-order valence-corrected chi connectivity index (χ2v) is 2.70. The van der Waals surface area contributed by atoms with E-state index in [1.165, 1.54) is 6.33 Å². The monoisotopic (exact) mass is 184 g/mol. The summed E-state index contributed by atoms with van der Waals surface area (Å²) in [6, 6.07) is -0.525. The zero-order chi connectivity index (χ0) is 9.68. The van der Waals surface area contributed by atoms with Gasteiger partial charge in [0.05, 0.1) is 0 Å². The van der Waals surface area contributed by atoms with Crippen LogP contribution in [0.5, 0.6) is 0 Å². The second-order valence-electron chi connectivity index (χ2n) is 2.70. The van der Waals surface area contributed by atoms with Crippen LogP contribution in [0.2, 0.25) is 0 Å². The van der Waals surface area contributed by atoms with Gasteiger partial charge in [0, 0.05) is 13.0 Å². The molecule has 6 heteroatoms. The summed E-state index contributed by atoms with van der Waals surface area (Å²) in [6.45, 7) is 2.17.